The Kier molecular flexibility index (Phi) is 6.66. The molecule has 0 aliphatic carbocycles. The molecule has 2 rings (SSSR count). The number of ether oxygens (including phenoxy) is 2. The minimum absolute atomic E-state index is 0.0151. The van der Waals surface area contributed by atoms with Crippen molar-refractivity contribution in [2.24, 2.45) is 0 Å². The van der Waals surface area contributed by atoms with Gasteiger partial charge in [-0.2, -0.15) is 8.78 Å². The molecule has 2 aromatic rings. The molecule has 0 spiro atoms. The molecule has 5 nitrogen and oxygen atoms in total. The number of benzene rings is 2. The molecule has 0 heterocycles. The summed E-state index contributed by atoms with van der Waals surface area (Å²) in [6.07, 6.45) is -1.03. The van der Waals surface area contributed by atoms with Crippen molar-refractivity contribution >= 4 is 11.9 Å². The third-order valence-electron chi connectivity index (χ3n) is 3.54. The van der Waals surface area contributed by atoms with E-state index in [0.717, 1.165) is 17.2 Å². The second-order valence-corrected chi connectivity index (χ2v) is 5.66. The Hall–Kier alpha value is -2.96. The van der Waals surface area contributed by atoms with Gasteiger partial charge >= 0.3 is 12.6 Å². The molecule has 0 saturated heterocycles. The number of rotatable bonds is 7. The molecule has 0 aliphatic heterocycles. The smallest absolute Gasteiger partial charge is 0.387 e. The van der Waals surface area contributed by atoms with E-state index in [9.17, 15) is 18.4 Å². The maximum absolute atomic E-state index is 12.2. The van der Waals surface area contributed by atoms with Gasteiger partial charge in [0.2, 0.25) is 0 Å². The van der Waals surface area contributed by atoms with Crippen molar-refractivity contribution in [1.29, 1.82) is 0 Å². The van der Waals surface area contributed by atoms with E-state index >= 15 is 0 Å². The molecule has 0 bridgehead atoms. The first-order valence-corrected chi connectivity index (χ1v) is 7.94. The van der Waals surface area contributed by atoms with Gasteiger partial charge in [-0.25, -0.2) is 4.79 Å². The van der Waals surface area contributed by atoms with Crippen LogP contribution in [0.1, 0.15) is 28.4 Å². The number of carbonyl (C=O) groups excluding carboxylic acids is 2. The average Bonchev–Trinajstić information content (AvgIpc) is 2.60. The van der Waals surface area contributed by atoms with Crippen LogP contribution in [-0.4, -0.2) is 24.6 Å². The summed E-state index contributed by atoms with van der Waals surface area (Å²) >= 11 is 0. The summed E-state index contributed by atoms with van der Waals surface area (Å²) in [7, 11) is 0. The van der Waals surface area contributed by atoms with E-state index in [2.05, 4.69) is 10.1 Å². The molecule has 0 saturated carbocycles. The Bertz CT molecular complexity index is 762. The van der Waals surface area contributed by atoms with Crippen molar-refractivity contribution in [3.63, 3.8) is 0 Å². The summed E-state index contributed by atoms with van der Waals surface area (Å²) in [6.45, 7) is 0.707. The lowest BCUT2D eigenvalue weighted by molar-refractivity contribution is -0.129. The molecule has 0 radical (unpaired) electrons. The van der Waals surface area contributed by atoms with E-state index < -0.39 is 24.6 Å². The first-order valence-electron chi connectivity index (χ1n) is 7.94. The summed E-state index contributed by atoms with van der Waals surface area (Å²) in [5.41, 5.74) is 2.04. The van der Waals surface area contributed by atoms with Gasteiger partial charge in [0.05, 0.1) is 5.56 Å². The molecular weight excluding hydrogens is 344 g/mol. The fraction of sp³-hybridized carbons (Fsp3) is 0.263. The lowest BCUT2D eigenvalue weighted by Crippen LogP contribution is -2.35. The van der Waals surface area contributed by atoms with E-state index in [1.807, 2.05) is 31.2 Å². The average molecular weight is 363 g/mol. The van der Waals surface area contributed by atoms with Gasteiger partial charge in [-0.05, 0) is 37.6 Å². The summed E-state index contributed by atoms with van der Waals surface area (Å²) in [5.74, 6) is -1.42. The van der Waals surface area contributed by atoms with Crippen LogP contribution >= 0.6 is 0 Å². The van der Waals surface area contributed by atoms with Crippen LogP contribution in [-0.2, 0) is 16.1 Å². The van der Waals surface area contributed by atoms with Crippen molar-refractivity contribution in [2.45, 2.75) is 33.1 Å². The number of nitrogens with one attached hydrogen (secondary N) is 1. The highest BCUT2D eigenvalue weighted by molar-refractivity contribution is 5.92. The topological polar surface area (TPSA) is 64.6 Å². The van der Waals surface area contributed by atoms with Crippen LogP contribution < -0.4 is 10.1 Å². The second kappa shape index (κ2) is 8.94. The Morgan fingerprint density at radius 3 is 2.46 bits per heavy atom. The lowest BCUT2D eigenvalue weighted by atomic mass is 10.1. The zero-order chi connectivity index (χ0) is 19.1. The Balaban J connectivity index is 1.89. The minimum atomic E-state index is -2.99. The van der Waals surface area contributed by atoms with E-state index in [0.29, 0.717) is 6.54 Å². The molecule has 0 aromatic heterocycles. The SMILES string of the molecule is Cc1ccc(CNC(=O)C(C)OC(=O)c2cccc(OC(F)F)c2)cc1. The zero-order valence-corrected chi connectivity index (χ0v) is 14.4. The molecule has 1 N–H and O–H groups in total. The number of hydrogen-bond donors (Lipinski definition) is 1. The molecular formula is C19H19F2NO4. The van der Waals surface area contributed by atoms with Gasteiger partial charge < -0.3 is 14.8 Å². The maximum atomic E-state index is 12.2. The van der Waals surface area contributed by atoms with Crippen molar-refractivity contribution in [2.75, 3.05) is 0 Å². The van der Waals surface area contributed by atoms with E-state index in [1.165, 1.54) is 25.1 Å². The van der Waals surface area contributed by atoms with Crippen LogP contribution in [0.15, 0.2) is 48.5 Å². The Morgan fingerprint density at radius 1 is 1.12 bits per heavy atom. The van der Waals surface area contributed by atoms with Crippen molar-refractivity contribution in [3.05, 3.63) is 65.2 Å². The van der Waals surface area contributed by atoms with Crippen LogP contribution in [0.25, 0.3) is 0 Å². The predicted molar refractivity (Wildman–Crippen MR) is 91.0 cm³/mol. The molecule has 0 aliphatic rings. The van der Waals surface area contributed by atoms with Gasteiger partial charge in [-0.1, -0.05) is 35.9 Å². The number of esters is 1. The molecule has 1 amide bonds. The zero-order valence-electron chi connectivity index (χ0n) is 14.4. The summed E-state index contributed by atoms with van der Waals surface area (Å²) in [4.78, 5) is 24.1. The molecule has 2 aromatic carbocycles. The molecule has 0 fully saturated rings. The third kappa shape index (κ3) is 5.84. The van der Waals surface area contributed by atoms with Crippen LogP contribution in [0, 0.1) is 6.92 Å². The highest BCUT2D eigenvalue weighted by atomic mass is 19.3. The summed E-state index contributed by atoms with van der Waals surface area (Å²) in [6, 6.07) is 12.8. The van der Waals surface area contributed by atoms with E-state index in [1.54, 1.807) is 0 Å². The highest BCUT2D eigenvalue weighted by Gasteiger charge is 2.19. The second-order valence-electron chi connectivity index (χ2n) is 5.66. The number of hydrogen-bond acceptors (Lipinski definition) is 4. The van der Waals surface area contributed by atoms with Crippen LogP contribution in [0.3, 0.4) is 0 Å². The fourth-order valence-electron chi connectivity index (χ4n) is 2.12. The molecule has 7 heteroatoms. The molecule has 1 atom stereocenters. The third-order valence-corrected chi connectivity index (χ3v) is 3.54. The van der Waals surface area contributed by atoms with Gasteiger partial charge in [-0.15, -0.1) is 0 Å². The van der Waals surface area contributed by atoms with Gasteiger partial charge in [-0.3, -0.25) is 4.79 Å². The number of alkyl halides is 2. The standard InChI is InChI=1S/C19H19F2NO4/c1-12-6-8-14(9-7-12)11-22-17(23)13(2)25-18(24)15-4-3-5-16(10-15)26-19(20)21/h3-10,13,19H,11H2,1-2H3,(H,22,23). The van der Waals surface area contributed by atoms with E-state index in [4.69, 9.17) is 4.74 Å². The Labute approximate surface area is 149 Å². The molecule has 138 valence electrons. The van der Waals surface area contributed by atoms with Crippen LogP contribution in [0.5, 0.6) is 5.75 Å². The van der Waals surface area contributed by atoms with Crippen LogP contribution in [0.2, 0.25) is 0 Å². The fourth-order valence-corrected chi connectivity index (χ4v) is 2.12. The predicted octanol–water partition coefficient (Wildman–Crippen LogP) is 3.46. The van der Waals surface area contributed by atoms with Crippen molar-refractivity contribution < 1.29 is 27.8 Å². The minimum Gasteiger partial charge on any atom is -0.449 e. The summed E-state index contributed by atoms with van der Waals surface area (Å²) < 4.78 is 33.8. The number of aryl methyl sites for hydroxylation is 1. The van der Waals surface area contributed by atoms with Gasteiger partial charge in [0, 0.05) is 6.54 Å². The monoisotopic (exact) mass is 363 g/mol. The van der Waals surface area contributed by atoms with Crippen molar-refractivity contribution in [3.8, 4) is 5.75 Å². The molecule has 26 heavy (non-hydrogen) atoms. The summed E-state index contributed by atoms with van der Waals surface area (Å²) in [5, 5.41) is 2.67. The van der Waals surface area contributed by atoms with Crippen molar-refractivity contribution in [1.82, 2.24) is 5.32 Å². The normalized spacial score (nSPS) is 11.7. The largest absolute Gasteiger partial charge is 0.449 e. The molecule has 1 unspecified atom stereocenters. The number of amides is 1. The van der Waals surface area contributed by atoms with Crippen LogP contribution in [0.4, 0.5) is 8.78 Å². The van der Waals surface area contributed by atoms with Gasteiger partial charge in [0.1, 0.15) is 5.75 Å². The number of carbonyl (C=O) groups is 2. The Morgan fingerprint density at radius 2 is 1.81 bits per heavy atom. The lowest BCUT2D eigenvalue weighted by Gasteiger charge is -2.14. The maximum Gasteiger partial charge on any atom is 0.387 e. The van der Waals surface area contributed by atoms with E-state index in [-0.39, 0.29) is 11.3 Å². The van der Waals surface area contributed by atoms with Gasteiger partial charge in [0.15, 0.2) is 6.10 Å². The first kappa shape index (κ1) is 19.4. The first-order chi connectivity index (χ1) is 12.3. The number of halogens is 2. The highest BCUT2D eigenvalue weighted by Crippen LogP contribution is 2.17. The quantitative estimate of drug-likeness (QED) is 0.765. The van der Waals surface area contributed by atoms with Gasteiger partial charge in [0.25, 0.3) is 5.91 Å².